The van der Waals surface area contributed by atoms with E-state index in [0.29, 0.717) is 5.92 Å². The van der Waals surface area contributed by atoms with Crippen LogP contribution in [0, 0.1) is 19.8 Å². The number of aryl methyl sites for hydroxylation is 2. The van der Waals surface area contributed by atoms with E-state index in [9.17, 15) is 5.11 Å². The maximum Gasteiger partial charge on any atom is 0.0923 e. The monoisotopic (exact) mass is 233 g/mol. The second kappa shape index (κ2) is 4.43. The van der Waals surface area contributed by atoms with E-state index in [1.807, 2.05) is 0 Å². The standard InChI is InChI=1S/C15H23NO/c1-11(2)15(17)9-16(10-15)8-14-6-12(3)5-13(4)7-14/h5-7,11,17H,8-10H2,1-4H3. The lowest BCUT2D eigenvalue weighted by Crippen LogP contribution is -2.63. The molecule has 1 saturated heterocycles. The molecule has 1 aliphatic heterocycles. The molecule has 0 unspecified atom stereocenters. The highest BCUT2D eigenvalue weighted by molar-refractivity contribution is 5.28. The Hall–Kier alpha value is -0.860. The molecule has 1 aromatic rings. The van der Waals surface area contributed by atoms with Crippen LogP contribution in [0.4, 0.5) is 0 Å². The number of nitrogens with zero attached hydrogens (tertiary/aromatic N) is 1. The first-order valence-corrected chi connectivity index (χ1v) is 6.41. The molecule has 0 radical (unpaired) electrons. The van der Waals surface area contributed by atoms with Crippen LogP contribution >= 0.6 is 0 Å². The van der Waals surface area contributed by atoms with Gasteiger partial charge in [-0.3, -0.25) is 4.90 Å². The maximum absolute atomic E-state index is 10.2. The van der Waals surface area contributed by atoms with Crippen molar-refractivity contribution in [2.75, 3.05) is 13.1 Å². The zero-order chi connectivity index (χ0) is 12.6. The van der Waals surface area contributed by atoms with Crippen LogP contribution in [0.15, 0.2) is 18.2 Å². The number of hydrogen-bond donors (Lipinski definition) is 1. The average Bonchev–Trinajstić information content (AvgIpc) is 2.12. The van der Waals surface area contributed by atoms with Crippen molar-refractivity contribution in [3.63, 3.8) is 0 Å². The Morgan fingerprint density at radius 1 is 1.18 bits per heavy atom. The fourth-order valence-corrected chi connectivity index (χ4v) is 2.62. The summed E-state index contributed by atoms with van der Waals surface area (Å²) in [5.41, 5.74) is 3.53. The van der Waals surface area contributed by atoms with E-state index in [2.05, 4.69) is 50.8 Å². The predicted molar refractivity (Wildman–Crippen MR) is 71.0 cm³/mol. The molecule has 2 heteroatoms. The minimum atomic E-state index is -0.459. The molecule has 2 nitrogen and oxygen atoms in total. The first-order valence-electron chi connectivity index (χ1n) is 6.41. The second-order valence-electron chi connectivity index (χ2n) is 5.90. The highest BCUT2D eigenvalue weighted by Crippen LogP contribution is 2.29. The van der Waals surface area contributed by atoms with Gasteiger partial charge in [-0.2, -0.15) is 0 Å². The highest BCUT2D eigenvalue weighted by atomic mass is 16.3. The first-order chi connectivity index (χ1) is 7.89. The third-order valence-electron chi connectivity index (χ3n) is 3.76. The van der Waals surface area contributed by atoms with Crippen molar-refractivity contribution in [3.05, 3.63) is 34.9 Å². The molecule has 0 aliphatic carbocycles. The van der Waals surface area contributed by atoms with Gasteiger partial charge in [-0.15, -0.1) is 0 Å². The van der Waals surface area contributed by atoms with Crippen LogP contribution in [0.1, 0.15) is 30.5 Å². The molecule has 0 bridgehead atoms. The zero-order valence-electron chi connectivity index (χ0n) is 11.3. The Kier molecular flexibility index (Phi) is 3.28. The Bertz CT molecular complexity index is 385. The number of aliphatic hydroxyl groups is 1. The topological polar surface area (TPSA) is 23.5 Å². The molecule has 1 aliphatic rings. The predicted octanol–water partition coefficient (Wildman–Crippen LogP) is 2.51. The van der Waals surface area contributed by atoms with Crippen LogP contribution in [-0.2, 0) is 6.54 Å². The van der Waals surface area contributed by atoms with Gasteiger partial charge < -0.3 is 5.11 Å². The lowest BCUT2D eigenvalue weighted by atomic mass is 9.83. The third kappa shape index (κ3) is 2.70. The van der Waals surface area contributed by atoms with E-state index >= 15 is 0 Å². The van der Waals surface area contributed by atoms with Gasteiger partial charge in [0.15, 0.2) is 0 Å². The van der Waals surface area contributed by atoms with E-state index in [1.54, 1.807) is 0 Å². The van der Waals surface area contributed by atoms with E-state index in [1.165, 1.54) is 16.7 Å². The van der Waals surface area contributed by atoms with Gasteiger partial charge in [0.05, 0.1) is 5.60 Å². The highest BCUT2D eigenvalue weighted by Gasteiger charge is 2.43. The summed E-state index contributed by atoms with van der Waals surface area (Å²) in [4.78, 5) is 2.31. The van der Waals surface area contributed by atoms with Crippen LogP contribution in [0.2, 0.25) is 0 Å². The Labute approximate surface area is 104 Å². The second-order valence-corrected chi connectivity index (χ2v) is 5.90. The van der Waals surface area contributed by atoms with Crippen LogP contribution in [-0.4, -0.2) is 28.7 Å². The van der Waals surface area contributed by atoms with Crippen molar-refractivity contribution >= 4 is 0 Å². The van der Waals surface area contributed by atoms with Gasteiger partial charge in [-0.25, -0.2) is 0 Å². The number of rotatable bonds is 3. The fourth-order valence-electron chi connectivity index (χ4n) is 2.62. The summed E-state index contributed by atoms with van der Waals surface area (Å²) in [7, 11) is 0. The Morgan fingerprint density at radius 3 is 2.18 bits per heavy atom. The van der Waals surface area contributed by atoms with Crippen molar-refractivity contribution in [1.82, 2.24) is 4.90 Å². The largest absolute Gasteiger partial charge is 0.387 e. The number of hydrogen-bond acceptors (Lipinski definition) is 2. The van der Waals surface area contributed by atoms with E-state index in [4.69, 9.17) is 0 Å². The third-order valence-corrected chi connectivity index (χ3v) is 3.76. The van der Waals surface area contributed by atoms with Crippen LogP contribution < -0.4 is 0 Å². The molecule has 1 aromatic carbocycles. The van der Waals surface area contributed by atoms with Crippen molar-refractivity contribution in [2.24, 2.45) is 5.92 Å². The molecule has 0 spiro atoms. The molecular formula is C15H23NO. The molecule has 0 amide bonds. The SMILES string of the molecule is Cc1cc(C)cc(CN2CC(O)(C(C)C)C2)c1. The summed E-state index contributed by atoms with van der Waals surface area (Å²) in [6, 6.07) is 6.67. The van der Waals surface area contributed by atoms with Gasteiger partial charge in [0, 0.05) is 19.6 Å². The molecule has 0 saturated carbocycles. The van der Waals surface area contributed by atoms with Gasteiger partial charge in [0.25, 0.3) is 0 Å². The van der Waals surface area contributed by atoms with E-state index < -0.39 is 5.60 Å². The summed E-state index contributed by atoms with van der Waals surface area (Å²) >= 11 is 0. The van der Waals surface area contributed by atoms with E-state index in [0.717, 1.165) is 19.6 Å². The molecule has 1 heterocycles. The lowest BCUT2D eigenvalue weighted by Gasteiger charge is -2.49. The minimum absolute atomic E-state index is 0.345. The molecule has 94 valence electrons. The number of benzene rings is 1. The van der Waals surface area contributed by atoms with Crippen LogP contribution in [0.25, 0.3) is 0 Å². The lowest BCUT2D eigenvalue weighted by molar-refractivity contribution is -0.130. The van der Waals surface area contributed by atoms with Gasteiger partial charge in [0.1, 0.15) is 0 Å². The van der Waals surface area contributed by atoms with Crippen molar-refractivity contribution < 1.29 is 5.11 Å². The van der Waals surface area contributed by atoms with Crippen LogP contribution in [0.5, 0.6) is 0 Å². The van der Waals surface area contributed by atoms with Crippen molar-refractivity contribution in [3.8, 4) is 0 Å². The van der Waals surface area contributed by atoms with E-state index in [-0.39, 0.29) is 0 Å². The summed E-state index contributed by atoms with van der Waals surface area (Å²) in [6.45, 7) is 11.0. The zero-order valence-corrected chi connectivity index (χ0v) is 11.3. The Balaban J connectivity index is 1.96. The molecule has 0 aromatic heterocycles. The number of β-amino-alcohol motifs (C(OH)–C–C–N with tert-alkyl or cyclic N) is 1. The normalized spacial score (nSPS) is 19.4. The Morgan fingerprint density at radius 2 is 1.71 bits per heavy atom. The molecule has 2 rings (SSSR count). The molecule has 17 heavy (non-hydrogen) atoms. The fraction of sp³-hybridized carbons (Fsp3) is 0.600. The first kappa shape index (κ1) is 12.6. The van der Waals surface area contributed by atoms with Crippen molar-refractivity contribution in [2.45, 2.75) is 39.8 Å². The molecule has 1 fully saturated rings. The minimum Gasteiger partial charge on any atom is -0.387 e. The van der Waals surface area contributed by atoms with Gasteiger partial charge >= 0.3 is 0 Å². The molecular weight excluding hydrogens is 210 g/mol. The number of likely N-dealkylation sites (tertiary alicyclic amines) is 1. The van der Waals surface area contributed by atoms with Gasteiger partial charge in [-0.05, 0) is 25.3 Å². The summed E-state index contributed by atoms with van der Waals surface area (Å²) in [5, 5.41) is 10.2. The smallest absolute Gasteiger partial charge is 0.0923 e. The molecule has 0 atom stereocenters. The molecule has 1 N–H and O–H groups in total. The van der Waals surface area contributed by atoms with Gasteiger partial charge in [-0.1, -0.05) is 43.2 Å². The van der Waals surface area contributed by atoms with Crippen LogP contribution in [0.3, 0.4) is 0 Å². The van der Waals surface area contributed by atoms with Gasteiger partial charge in [0.2, 0.25) is 0 Å². The summed E-state index contributed by atoms with van der Waals surface area (Å²) in [5.74, 6) is 0.345. The summed E-state index contributed by atoms with van der Waals surface area (Å²) in [6.07, 6.45) is 0. The van der Waals surface area contributed by atoms with Crippen molar-refractivity contribution in [1.29, 1.82) is 0 Å². The average molecular weight is 233 g/mol. The summed E-state index contributed by atoms with van der Waals surface area (Å²) < 4.78 is 0. The maximum atomic E-state index is 10.2. The quantitative estimate of drug-likeness (QED) is 0.867.